The molecule has 0 unspecified atom stereocenters. The summed E-state index contributed by atoms with van der Waals surface area (Å²) in [6.45, 7) is 9.02. The first-order chi connectivity index (χ1) is 6.90. The summed E-state index contributed by atoms with van der Waals surface area (Å²) < 4.78 is 7.07. The van der Waals surface area contributed by atoms with Crippen molar-refractivity contribution in [3.05, 3.63) is 0 Å². The third-order valence-electron chi connectivity index (χ3n) is 2.32. The van der Waals surface area contributed by atoms with E-state index in [-0.39, 0.29) is 0 Å². The molecule has 0 radical (unpaired) electrons. The Hall–Kier alpha value is 0.170. The first kappa shape index (κ1) is 12.2. The highest BCUT2D eigenvalue weighted by atomic mass is 33.1. The van der Waals surface area contributed by atoms with Crippen molar-refractivity contribution in [2.45, 2.75) is 45.3 Å². The Kier molecular flexibility index (Phi) is 5.78. The molecule has 0 saturated heterocycles. The topological polar surface area (TPSA) is 49.9 Å². The second-order valence-corrected chi connectivity index (χ2v) is 7.32. The number of rotatable bonds is 7. The molecule has 0 rings (SSSR count). The quantitative estimate of drug-likeness (QED) is 0.308. The molecule has 0 saturated carbocycles. The molecule has 0 heterocycles. The summed E-state index contributed by atoms with van der Waals surface area (Å²) in [5.74, 6) is 2.03. The summed E-state index contributed by atoms with van der Waals surface area (Å²) in [6, 6.07) is 0. The molecular formula is C10H22N2S2. The second kappa shape index (κ2) is 6.62. The van der Waals surface area contributed by atoms with Crippen LogP contribution in [0.4, 0.5) is 0 Å². The molecule has 2 nitrogen and oxygen atoms in total. The fourth-order valence-electron chi connectivity index (χ4n) is 0.598. The van der Waals surface area contributed by atoms with Crippen molar-refractivity contribution in [2.24, 2.45) is 11.6 Å². The van der Waals surface area contributed by atoms with E-state index in [1.54, 1.807) is 0 Å². The highest BCUT2D eigenvalue weighted by molar-refractivity contribution is 8.77. The Labute approximate surface area is 97.2 Å². The van der Waals surface area contributed by atoms with Gasteiger partial charge in [-0.3, -0.25) is 5.41 Å². The fourth-order valence-corrected chi connectivity index (χ4v) is 3.53. The molecule has 0 aromatic carbocycles. The van der Waals surface area contributed by atoms with Crippen molar-refractivity contribution in [3.63, 3.8) is 0 Å². The number of nitrogens with two attached hydrogens (primary N) is 1. The van der Waals surface area contributed by atoms with Gasteiger partial charge in [0.05, 0.1) is 5.84 Å². The molecule has 0 aliphatic heterocycles. The molecule has 0 spiro atoms. The van der Waals surface area contributed by atoms with Crippen molar-refractivity contribution in [2.75, 3.05) is 5.75 Å². The lowest BCUT2D eigenvalue weighted by molar-refractivity contribution is 0.507. The van der Waals surface area contributed by atoms with Crippen LogP contribution in [0, 0.1) is 11.3 Å². The van der Waals surface area contributed by atoms with Crippen molar-refractivity contribution >= 4 is 27.4 Å². The van der Waals surface area contributed by atoms with Crippen LogP contribution in [0.5, 0.6) is 0 Å². The van der Waals surface area contributed by atoms with E-state index in [9.17, 15) is 0 Å². The van der Waals surface area contributed by atoms with Crippen LogP contribution in [0.15, 0.2) is 0 Å². The van der Waals surface area contributed by atoms with E-state index in [0.29, 0.717) is 22.9 Å². The van der Waals surface area contributed by atoms with Crippen LogP contribution >= 0.6 is 21.6 Å². The fraction of sp³-hybridized carbons (Fsp3) is 0.900. The molecule has 4 heteroatoms. The number of amidine groups is 1. The van der Waals surface area contributed by atoms with E-state index >= 15 is 0 Å². The summed E-state index contributed by atoms with van der Waals surface area (Å²) in [7, 11) is 3.80. The lowest BCUT2D eigenvalue weighted by Crippen LogP contribution is -2.21. The Balaban J connectivity index is 3.50. The Morgan fingerprint density at radius 1 is 1.57 bits per heavy atom. The minimum atomic E-state index is 0.309. The maximum absolute atomic E-state index is 7.25. The standard InChI is InChI=1S/C10H22N2S2/c1-8(2)10(3,4)14-13-7-5-6-9(11)12/h8H,5-7H2,1-4H3,(H3,11,12)/i/hT. The van der Waals surface area contributed by atoms with Gasteiger partial charge in [0.25, 0.3) is 0 Å². The molecule has 84 valence electrons. The van der Waals surface area contributed by atoms with Gasteiger partial charge in [0, 0.05) is 16.9 Å². The van der Waals surface area contributed by atoms with E-state index in [0.717, 1.165) is 12.2 Å². The molecule has 0 aromatic heterocycles. The van der Waals surface area contributed by atoms with E-state index in [4.69, 9.17) is 6.82 Å². The molecule has 0 atom stereocenters. The predicted octanol–water partition coefficient (Wildman–Crippen LogP) is 3.52. The maximum atomic E-state index is 7.25. The van der Waals surface area contributed by atoms with Crippen LogP contribution in [0.1, 0.15) is 40.5 Å². The zero-order valence-electron chi connectivity index (χ0n) is 10.5. The van der Waals surface area contributed by atoms with Crippen LogP contribution in [0.2, 0.25) is 1.41 Å². The van der Waals surface area contributed by atoms with Crippen LogP contribution in [0.3, 0.4) is 0 Å². The zero-order valence-corrected chi connectivity index (χ0v) is 11.1. The highest BCUT2D eigenvalue weighted by Crippen LogP contribution is 2.40. The van der Waals surface area contributed by atoms with Gasteiger partial charge in [-0.25, -0.2) is 0 Å². The smallest absolute Gasteiger partial charge is 0.157 e. The first-order valence-corrected chi connectivity index (χ1v) is 7.28. The van der Waals surface area contributed by atoms with Gasteiger partial charge in [-0.15, -0.1) is 0 Å². The minimum absolute atomic E-state index is 0.309. The Morgan fingerprint density at radius 2 is 2.21 bits per heavy atom. The number of hydrogen-bond acceptors (Lipinski definition) is 3. The van der Waals surface area contributed by atoms with Crippen LogP contribution in [-0.2, 0) is 0 Å². The van der Waals surface area contributed by atoms with Crippen LogP contribution in [-0.4, -0.2) is 16.3 Å². The molecule has 0 aliphatic carbocycles. The van der Waals surface area contributed by atoms with Gasteiger partial charge in [0.15, 0.2) is 1.41 Å². The Morgan fingerprint density at radius 3 is 2.71 bits per heavy atom. The molecular weight excluding hydrogens is 212 g/mol. The largest absolute Gasteiger partial charge is 0.388 e. The minimum Gasteiger partial charge on any atom is -0.388 e. The van der Waals surface area contributed by atoms with Crippen molar-refractivity contribution in [1.82, 2.24) is 0 Å². The highest BCUT2D eigenvalue weighted by Gasteiger charge is 2.22. The first-order valence-electron chi connectivity index (χ1n) is 5.46. The molecule has 0 aliphatic rings. The van der Waals surface area contributed by atoms with Crippen LogP contribution in [0.25, 0.3) is 0 Å². The SMILES string of the molecule is [3H]NC(=N)CCCSSC(C)(C)C(C)C. The van der Waals surface area contributed by atoms with E-state index < -0.39 is 0 Å². The lowest BCUT2D eigenvalue weighted by Gasteiger charge is -2.27. The third kappa shape index (κ3) is 6.60. The van der Waals surface area contributed by atoms with Crippen LogP contribution < -0.4 is 5.73 Å². The van der Waals surface area contributed by atoms with Gasteiger partial charge in [0.2, 0.25) is 0 Å². The van der Waals surface area contributed by atoms with Gasteiger partial charge in [-0.2, -0.15) is 0 Å². The number of nitrogens with one attached hydrogen (secondary N) is 1. The Bertz CT molecular complexity index is 196. The summed E-state index contributed by atoms with van der Waals surface area (Å²) in [5.41, 5.74) is 2.11. The van der Waals surface area contributed by atoms with Crippen molar-refractivity contribution in [3.8, 4) is 0 Å². The average molecular weight is 236 g/mol. The normalized spacial score (nSPS) is 12.8. The molecule has 3 N–H and O–H groups in total. The van der Waals surface area contributed by atoms with Crippen molar-refractivity contribution < 1.29 is 1.41 Å². The van der Waals surface area contributed by atoms with Gasteiger partial charge in [-0.05, 0) is 26.2 Å². The monoisotopic (exact) mass is 236 g/mol. The average Bonchev–Trinajstić information content (AvgIpc) is 2.16. The predicted molar refractivity (Wildman–Crippen MR) is 70.1 cm³/mol. The van der Waals surface area contributed by atoms with E-state index in [1.807, 2.05) is 21.6 Å². The van der Waals surface area contributed by atoms with E-state index in [1.165, 1.54) is 0 Å². The zero-order chi connectivity index (χ0) is 11.9. The molecule has 0 aromatic rings. The second-order valence-electron chi connectivity index (χ2n) is 4.25. The van der Waals surface area contributed by atoms with Crippen molar-refractivity contribution in [1.29, 1.82) is 5.41 Å². The lowest BCUT2D eigenvalue weighted by atomic mass is 10.00. The van der Waals surface area contributed by atoms with Gasteiger partial charge >= 0.3 is 0 Å². The maximum Gasteiger partial charge on any atom is 0.157 e. The van der Waals surface area contributed by atoms with Gasteiger partial charge < -0.3 is 5.73 Å². The van der Waals surface area contributed by atoms with Gasteiger partial charge in [0.1, 0.15) is 0 Å². The molecule has 0 bridgehead atoms. The number of hydrogen-bond donors (Lipinski definition) is 2. The summed E-state index contributed by atoms with van der Waals surface area (Å²) in [6.07, 6.45) is 1.65. The van der Waals surface area contributed by atoms with Gasteiger partial charge in [-0.1, -0.05) is 35.4 Å². The summed E-state index contributed by atoms with van der Waals surface area (Å²) >= 11 is 0. The van der Waals surface area contributed by atoms with E-state index in [2.05, 4.69) is 33.4 Å². The molecule has 0 fully saturated rings. The molecule has 0 amide bonds. The third-order valence-corrected chi connectivity index (χ3v) is 5.93. The molecule has 14 heavy (non-hydrogen) atoms. The summed E-state index contributed by atoms with van der Waals surface area (Å²) in [5, 5.41) is 7.25. The summed E-state index contributed by atoms with van der Waals surface area (Å²) in [4.78, 5) is 0.